The zero-order valence-corrected chi connectivity index (χ0v) is 15.0. The molecule has 26 heavy (non-hydrogen) atoms. The lowest BCUT2D eigenvalue weighted by Crippen LogP contribution is -2.03. The minimum Gasteiger partial charge on any atom is -0.494 e. The number of hydrogen-bond donors (Lipinski definition) is 0. The average molecular weight is 351 g/mol. The molecule has 1 heterocycles. The zero-order valence-electron chi connectivity index (χ0n) is 15.0. The highest BCUT2D eigenvalue weighted by atomic mass is 16.6. The summed E-state index contributed by atoms with van der Waals surface area (Å²) >= 11 is 0. The number of allylic oxidation sites excluding steroid dienone is 1. The summed E-state index contributed by atoms with van der Waals surface area (Å²) in [7, 11) is 0. The van der Waals surface area contributed by atoms with Crippen molar-refractivity contribution in [1.29, 1.82) is 0 Å². The topological polar surface area (TPSA) is 43.4 Å². The second kappa shape index (κ2) is 9.78. The van der Waals surface area contributed by atoms with Crippen LogP contribution >= 0.6 is 0 Å². The fourth-order valence-electron chi connectivity index (χ4n) is 2.36. The Kier molecular flexibility index (Phi) is 6.85. The first-order valence-electron chi connectivity index (χ1n) is 9.06. The van der Waals surface area contributed by atoms with E-state index in [2.05, 4.69) is 11.6 Å². The van der Waals surface area contributed by atoms with Gasteiger partial charge in [-0.1, -0.05) is 6.08 Å². The molecule has 4 nitrogen and oxygen atoms in total. The smallest absolute Gasteiger partial charge is 0.119 e. The summed E-state index contributed by atoms with van der Waals surface area (Å²) in [5, 5.41) is 0. The Balaban J connectivity index is 1.44. The molecule has 1 aliphatic heterocycles. The number of rotatable bonds is 11. The van der Waals surface area contributed by atoms with Gasteiger partial charge in [-0.05, 0) is 73.4 Å². The van der Waals surface area contributed by atoms with Crippen LogP contribution in [-0.4, -0.2) is 32.1 Å². The van der Waals surface area contributed by atoms with Gasteiger partial charge < -0.3 is 14.2 Å². The van der Waals surface area contributed by atoms with Crippen molar-refractivity contribution in [3.63, 3.8) is 0 Å². The van der Waals surface area contributed by atoms with Crippen molar-refractivity contribution in [2.75, 3.05) is 19.8 Å². The Morgan fingerprint density at radius 2 is 1.69 bits per heavy atom. The molecular weight excluding hydrogens is 326 g/mol. The van der Waals surface area contributed by atoms with Crippen molar-refractivity contribution in [2.24, 2.45) is 4.99 Å². The van der Waals surface area contributed by atoms with Gasteiger partial charge in [0.2, 0.25) is 0 Å². The number of epoxide rings is 1. The Hall–Kier alpha value is -2.59. The van der Waals surface area contributed by atoms with Crippen LogP contribution in [-0.2, 0) is 4.74 Å². The highest BCUT2D eigenvalue weighted by molar-refractivity contribution is 5.82. The van der Waals surface area contributed by atoms with Gasteiger partial charge in [-0.15, -0.1) is 6.58 Å². The first-order chi connectivity index (χ1) is 12.8. The van der Waals surface area contributed by atoms with E-state index in [9.17, 15) is 0 Å². The van der Waals surface area contributed by atoms with Gasteiger partial charge in [0, 0.05) is 6.21 Å². The van der Waals surface area contributed by atoms with E-state index in [0.717, 1.165) is 55.2 Å². The van der Waals surface area contributed by atoms with E-state index in [1.54, 1.807) is 0 Å². The largest absolute Gasteiger partial charge is 0.494 e. The SMILES string of the molecule is C=CCCCCOc1ccc(C=Nc2ccc(OCC3CO3)cc2)cc1. The molecule has 0 bridgehead atoms. The van der Waals surface area contributed by atoms with Crippen molar-refractivity contribution >= 4 is 11.9 Å². The molecule has 0 N–H and O–H groups in total. The molecule has 1 fully saturated rings. The van der Waals surface area contributed by atoms with Gasteiger partial charge in [0.15, 0.2) is 0 Å². The number of hydrogen-bond acceptors (Lipinski definition) is 4. The predicted octanol–water partition coefficient (Wildman–Crippen LogP) is 4.95. The lowest BCUT2D eigenvalue weighted by Gasteiger charge is -2.05. The molecule has 0 aromatic heterocycles. The second-order valence-electron chi connectivity index (χ2n) is 6.22. The van der Waals surface area contributed by atoms with E-state index in [0.29, 0.717) is 6.61 Å². The molecular formula is C22H25NO3. The van der Waals surface area contributed by atoms with E-state index in [-0.39, 0.29) is 6.10 Å². The molecule has 0 saturated carbocycles. The number of nitrogens with zero attached hydrogens (tertiary/aromatic N) is 1. The second-order valence-corrected chi connectivity index (χ2v) is 6.22. The summed E-state index contributed by atoms with van der Waals surface area (Å²) in [6.45, 7) is 5.88. The Bertz CT molecular complexity index is 703. The number of ether oxygens (including phenoxy) is 3. The molecule has 2 aromatic carbocycles. The van der Waals surface area contributed by atoms with Crippen LogP contribution in [0.15, 0.2) is 66.2 Å². The fraction of sp³-hybridized carbons (Fsp3) is 0.318. The zero-order chi connectivity index (χ0) is 18.0. The number of benzene rings is 2. The molecule has 2 aromatic rings. The molecule has 136 valence electrons. The van der Waals surface area contributed by atoms with Crippen LogP contribution in [0.4, 0.5) is 5.69 Å². The lowest BCUT2D eigenvalue weighted by atomic mass is 10.2. The van der Waals surface area contributed by atoms with Gasteiger partial charge in [0.25, 0.3) is 0 Å². The summed E-state index contributed by atoms with van der Waals surface area (Å²) in [6, 6.07) is 15.7. The predicted molar refractivity (Wildman–Crippen MR) is 105 cm³/mol. The van der Waals surface area contributed by atoms with Gasteiger partial charge in [0.05, 0.1) is 18.9 Å². The average Bonchev–Trinajstić information content (AvgIpc) is 3.51. The molecule has 3 rings (SSSR count). The number of aliphatic imine (C=N–C) groups is 1. The van der Waals surface area contributed by atoms with E-state index in [4.69, 9.17) is 14.2 Å². The van der Waals surface area contributed by atoms with Crippen molar-refractivity contribution in [3.8, 4) is 11.5 Å². The highest BCUT2D eigenvalue weighted by Gasteiger charge is 2.22. The third-order valence-electron chi connectivity index (χ3n) is 3.99. The molecule has 1 saturated heterocycles. The van der Waals surface area contributed by atoms with Crippen LogP contribution in [0.5, 0.6) is 11.5 Å². The highest BCUT2D eigenvalue weighted by Crippen LogP contribution is 2.20. The van der Waals surface area contributed by atoms with Crippen LogP contribution in [0.3, 0.4) is 0 Å². The van der Waals surface area contributed by atoms with E-state index < -0.39 is 0 Å². The third-order valence-corrected chi connectivity index (χ3v) is 3.99. The Morgan fingerprint density at radius 3 is 2.38 bits per heavy atom. The quantitative estimate of drug-likeness (QED) is 0.249. The monoisotopic (exact) mass is 351 g/mol. The van der Waals surface area contributed by atoms with Crippen molar-refractivity contribution in [2.45, 2.75) is 25.4 Å². The first kappa shape index (κ1) is 18.2. The maximum atomic E-state index is 5.73. The van der Waals surface area contributed by atoms with E-state index >= 15 is 0 Å². The maximum Gasteiger partial charge on any atom is 0.119 e. The van der Waals surface area contributed by atoms with Crippen LogP contribution in [0.25, 0.3) is 0 Å². The van der Waals surface area contributed by atoms with Gasteiger partial charge in [0.1, 0.15) is 24.2 Å². The minimum absolute atomic E-state index is 0.270. The summed E-state index contributed by atoms with van der Waals surface area (Å²) in [5.74, 6) is 1.73. The maximum absolute atomic E-state index is 5.73. The van der Waals surface area contributed by atoms with Gasteiger partial charge in [-0.25, -0.2) is 0 Å². The summed E-state index contributed by atoms with van der Waals surface area (Å²) in [6.07, 6.45) is 7.27. The molecule has 4 heteroatoms. The van der Waals surface area contributed by atoms with Crippen molar-refractivity contribution < 1.29 is 14.2 Å². The lowest BCUT2D eigenvalue weighted by molar-refractivity contribution is 0.263. The normalized spacial score (nSPS) is 15.8. The van der Waals surface area contributed by atoms with E-state index in [1.807, 2.05) is 60.8 Å². The first-order valence-corrected chi connectivity index (χ1v) is 9.06. The Labute approximate surface area is 155 Å². The summed E-state index contributed by atoms with van der Waals surface area (Å²) < 4.78 is 16.5. The van der Waals surface area contributed by atoms with Crippen LogP contribution in [0.2, 0.25) is 0 Å². The van der Waals surface area contributed by atoms with Gasteiger partial charge in [-0.3, -0.25) is 4.99 Å². The van der Waals surface area contributed by atoms with Gasteiger partial charge in [-0.2, -0.15) is 0 Å². The van der Waals surface area contributed by atoms with Crippen molar-refractivity contribution in [3.05, 3.63) is 66.7 Å². The number of unbranched alkanes of at least 4 members (excludes halogenated alkanes) is 2. The Morgan fingerprint density at radius 1 is 1.00 bits per heavy atom. The minimum atomic E-state index is 0.270. The standard InChI is InChI=1S/C22H25NO3/c1-2-3-4-5-14-24-20-10-6-18(7-11-20)15-23-19-8-12-21(13-9-19)25-16-22-17-26-22/h2,6-13,15,22H,1,3-5,14,16-17H2. The summed E-state index contributed by atoms with van der Waals surface area (Å²) in [5.41, 5.74) is 1.93. The van der Waals surface area contributed by atoms with Crippen LogP contribution in [0.1, 0.15) is 24.8 Å². The summed E-state index contributed by atoms with van der Waals surface area (Å²) in [4.78, 5) is 4.50. The van der Waals surface area contributed by atoms with Gasteiger partial charge >= 0.3 is 0 Å². The molecule has 1 atom stereocenters. The van der Waals surface area contributed by atoms with Crippen LogP contribution < -0.4 is 9.47 Å². The van der Waals surface area contributed by atoms with E-state index in [1.165, 1.54) is 0 Å². The molecule has 1 aliphatic rings. The molecule has 0 spiro atoms. The fourth-order valence-corrected chi connectivity index (χ4v) is 2.36. The molecule has 1 unspecified atom stereocenters. The third kappa shape index (κ3) is 6.37. The van der Waals surface area contributed by atoms with Crippen LogP contribution in [0, 0.1) is 0 Å². The molecule has 0 amide bonds. The van der Waals surface area contributed by atoms with Crippen molar-refractivity contribution in [1.82, 2.24) is 0 Å². The molecule has 0 radical (unpaired) electrons. The molecule has 0 aliphatic carbocycles.